The third kappa shape index (κ3) is 2.10. The van der Waals surface area contributed by atoms with Crippen LogP contribution in [-0.2, 0) is 5.41 Å². The van der Waals surface area contributed by atoms with Crippen LogP contribution >= 0.6 is 22.6 Å². The Bertz CT molecular complexity index is 333. The monoisotopic (exact) mass is 295 g/mol. The predicted molar refractivity (Wildman–Crippen MR) is 57.3 cm³/mol. The highest BCUT2D eigenvalue weighted by Gasteiger charge is 2.21. The number of aromatic nitrogens is 1. The van der Waals surface area contributed by atoms with E-state index >= 15 is 0 Å². The van der Waals surface area contributed by atoms with Crippen molar-refractivity contribution in [3.63, 3.8) is 0 Å². The Kier molecular flexibility index (Phi) is 2.79. The Morgan fingerprint density at radius 2 is 2.00 bits per heavy atom. The fourth-order valence-corrected chi connectivity index (χ4v) is 2.15. The summed E-state index contributed by atoms with van der Waals surface area (Å²) in [5, 5.41) is 9.31. The quantitative estimate of drug-likeness (QED) is 0.590. The number of hydrogen-bond donors (Lipinski definition) is 1. The molecule has 0 amide bonds. The summed E-state index contributed by atoms with van der Waals surface area (Å²) < 4.78 is 13.3. The standard InChI is InChI=1S/C9H11FINO/c1-9(2,3)5-4-12-8(10)7(13)6(5)11/h4,13H,1-3H3. The van der Waals surface area contributed by atoms with Crippen molar-refractivity contribution in [3.8, 4) is 5.75 Å². The molecule has 0 fully saturated rings. The molecule has 0 aliphatic rings. The fourth-order valence-electron chi connectivity index (χ4n) is 0.980. The Labute approximate surface area is 90.3 Å². The Morgan fingerprint density at radius 1 is 1.46 bits per heavy atom. The van der Waals surface area contributed by atoms with Crippen LogP contribution in [-0.4, -0.2) is 10.1 Å². The molecule has 0 aliphatic heterocycles. The topological polar surface area (TPSA) is 33.1 Å². The van der Waals surface area contributed by atoms with Gasteiger partial charge in [-0.15, -0.1) is 0 Å². The average Bonchev–Trinajstić information content (AvgIpc) is 1.98. The summed E-state index contributed by atoms with van der Waals surface area (Å²) in [6, 6.07) is 0. The summed E-state index contributed by atoms with van der Waals surface area (Å²) in [4.78, 5) is 3.48. The minimum Gasteiger partial charge on any atom is -0.503 e. The van der Waals surface area contributed by atoms with Crippen LogP contribution in [0.15, 0.2) is 6.20 Å². The zero-order valence-electron chi connectivity index (χ0n) is 7.73. The van der Waals surface area contributed by atoms with Crippen LogP contribution in [0.4, 0.5) is 4.39 Å². The lowest BCUT2D eigenvalue weighted by Gasteiger charge is -2.20. The van der Waals surface area contributed by atoms with E-state index in [1.807, 2.05) is 43.4 Å². The summed E-state index contributed by atoms with van der Waals surface area (Å²) in [6.07, 6.45) is 1.47. The van der Waals surface area contributed by atoms with Crippen LogP contribution in [0.3, 0.4) is 0 Å². The van der Waals surface area contributed by atoms with Crippen molar-refractivity contribution in [1.29, 1.82) is 0 Å². The van der Waals surface area contributed by atoms with Crippen molar-refractivity contribution < 1.29 is 9.50 Å². The van der Waals surface area contributed by atoms with Gasteiger partial charge in [-0.3, -0.25) is 0 Å². The maximum atomic E-state index is 12.8. The molecular weight excluding hydrogens is 284 g/mol. The summed E-state index contributed by atoms with van der Waals surface area (Å²) in [6.45, 7) is 5.97. The van der Waals surface area contributed by atoms with Crippen molar-refractivity contribution in [3.05, 3.63) is 21.3 Å². The molecule has 0 bridgehead atoms. The van der Waals surface area contributed by atoms with Gasteiger partial charge in [0.15, 0.2) is 5.75 Å². The van der Waals surface area contributed by atoms with Crippen molar-refractivity contribution >= 4 is 22.6 Å². The summed E-state index contributed by atoms with van der Waals surface area (Å²) in [7, 11) is 0. The third-order valence-electron chi connectivity index (χ3n) is 1.75. The van der Waals surface area contributed by atoms with E-state index in [9.17, 15) is 9.50 Å². The number of pyridine rings is 1. The van der Waals surface area contributed by atoms with E-state index in [1.165, 1.54) is 6.20 Å². The smallest absolute Gasteiger partial charge is 0.256 e. The van der Waals surface area contributed by atoms with Gasteiger partial charge in [0, 0.05) is 6.20 Å². The van der Waals surface area contributed by atoms with Gasteiger partial charge in [-0.25, -0.2) is 4.98 Å². The molecule has 1 N–H and O–H groups in total. The van der Waals surface area contributed by atoms with Crippen LogP contribution < -0.4 is 0 Å². The first-order valence-corrected chi connectivity index (χ1v) is 4.95. The van der Waals surface area contributed by atoms with Crippen LogP contribution in [0.2, 0.25) is 0 Å². The van der Waals surface area contributed by atoms with E-state index < -0.39 is 5.95 Å². The summed E-state index contributed by atoms with van der Waals surface area (Å²) in [5.41, 5.74) is 0.723. The summed E-state index contributed by atoms with van der Waals surface area (Å²) in [5.74, 6) is -1.16. The molecule has 1 aromatic rings. The molecule has 2 nitrogen and oxygen atoms in total. The summed E-state index contributed by atoms with van der Waals surface area (Å²) >= 11 is 1.93. The lowest BCUT2D eigenvalue weighted by atomic mass is 9.88. The molecule has 1 heterocycles. The molecule has 13 heavy (non-hydrogen) atoms. The molecular formula is C9H11FINO. The van der Waals surface area contributed by atoms with Gasteiger partial charge in [0.1, 0.15) is 0 Å². The van der Waals surface area contributed by atoms with Gasteiger partial charge in [-0.1, -0.05) is 20.8 Å². The van der Waals surface area contributed by atoms with Gasteiger partial charge < -0.3 is 5.11 Å². The first-order valence-electron chi connectivity index (χ1n) is 3.87. The second kappa shape index (κ2) is 3.40. The average molecular weight is 295 g/mol. The van der Waals surface area contributed by atoms with Crippen LogP contribution in [0.5, 0.6) is 5.75 Å². The second-order valence-electron chi connectivity index (χ2n) is 3.88. The van der Waals surface area contributed by atoms with E-state index in [0.29, 0.717) is 3.57 Å². The lowest BCUT2D eigenvalue weighted by molar-refractivity contribution is 0.410. The molecule has 0 saturated carbocycles. The van der Waals surface area contributed by atoms with Crippen molar-refractivity contribution in [2.24, 2.45) is 0 Å². The van der Waals surface area contributed by atoms with Gasteiger partial charge in [0.25, 0.3) is 5.95 Å². The lowest BCUT2D eigenvalue weighted by Crippen LogP contribution is -2.14. The molecule has 0 unspecified atom stereocenters. The van der Waals surface area contributed by atoms with Gasteiger partial charge in [0.05, 0.1) is 3.57 Å². The SMILES string of the molecule is CC(C)(C)c1cnc(F)c(O)c1I. The van der Waals surface area contributed by atoms with E-state index in [-0.39, 0.29) is 11.2 Å². The molecule has 0 radical (unpaired) electrons. The maximum Gasteiger partial charge on any atom is 0.256 e. The van der Waals surface area contributed by atoms with E-state index in [2.05, 4.69) is 4.98 Å². The molecule has 72 valence electrons. The highest BCUT2D eigenvalue weighted by molar-refractivity contribution is 14.1. The van der Waals surface area contributed by atoms with Crippen LogP contribution in [0.25, 0.3) is 0 Å². The van der Waals surface area contributed by atoms with Gasteiger partial charge in [-0.05, 0) is 33.6 Å². The van der Waals surface area contributed by atoms with Crippen LogP contribution in [0, 0.1) is 9.52 Å². The van der Waals surface area contributed by atoms with Crippen LogP contribution in [0.1, 0.15) is 26.3 Å². The van der Waals surface area contributed by atoms with Gasteiger partial charge in [-0.2, -0.15) is 4.39 Å². The number of halogens is 2. The molecule has 1 rings (SSSR count). The molecule has 0 saturated heterocycles. The fraction of sp³-hybridized carbons (Fsp3) is 0.444. The largest absolute Gasteiger partial charge is 0.503 e. The Morgan fingerprint density at radius 3 is 2.46 bits per heavy atom. The molecule has 0 spiro atoms. The predicted octanol–water partition coefficient (Wildman–Crippen LogP) is 2.83. The number of nitrogens with zero attached hydrogens (tertiary/aromatic N) is 1. The molecule has 0 atom stereocenters. The first kappa shape index (κ1) is 10.7. The van der Waals surface area contributed by atoms with E-state index in [4.69, 9.17) is 0 Å². The maximum absolute atomic E-state index is 12.8. The number of rotatable bonds is 0. The molecule has 0 aliphatic carbocycles. The van der Waals surface area contributed by atoms with Crippen molar-refractivity contribution in [2.75, 3.05) is 0 Å². The Hall–Kier alpha value is -0.390. The Balaban J connectivity index is 3.35. The number of aromatic hydroxyl groups is 1. The van der Waals surface area contributed by atoms with Crippen molar-refractivity contribution in [2.45, 2.75) is 26.2 Å². The first-order chi connectivity index (χ1) is 5.84. The highest BCUT2D eigenvalue weighted by atomic mass is 127. The molecule has 1 aromatic heterocycles. The zero-order chi connectivity index (χ0) is 10.2. The van der Waals surface area contributed by atoms with Crippen molar-refractivity contribution in [1.82, 2.24) is 4.98 Å². The number of hydrogen-bond acceptors (Lipinski definition) is 2. The third-order valence-corrected chi connectivity index (χ3v) is 2.85. The van der Waals surface area contributed by atoms with Gasteiger partial charge >= 0.3 is 0 Å². The normalized spacial score (nSPS) is 11.8. The molecule has 4 heteroatoms. The van der Waals surface area contributed by atoms with E-state index in [0.717, 1.165) is 5.56 Å². The minimum atomic E-state index is -0.808. The molecule has 0 aromatic carbocycles. The second-order valence-corrected chi connectivity index (χ2v) is 4.95. The van der Waals surface area contributed by atoms with E-state index in [1.54, 1.807) is 0 Å². The van der Waals surface area contributed by atoms with Gasteiger partial charge in [0.2, 0.25) is 0 Å². The zero-order valence-corrected chi connectivity index (χ0v) is 9.89. The minimum absolute atomic E-state index is 0.130. The highest BCUT2D eigenvalue weighted by Crippen LogP contribution is 2.32.